The van der Waals surface area contributed by atoms with Crippen LogP contribution >= 0.6 is 0 Å². The lowest BCUT2D eigenvalue weighted by Gasteiger charge is -2.43. The van der Waals surface area contributed by atoms with E-state index in [0.717, 1.165) is 18.4 Å². The number of carbonyl (C=O) groups excluding carboxylic acids is 5. The number of ether oxygens (including phenoxy) is 7. The topological polar surface area (TPSA) is 214 Å². The molecular weight excluding hydrogens is 951 g/mol. The van der Waals surface area contributed by atoms with E-state index >= 15 is 0 Å². The third-order valence-corrected chi connectivity index (χ3v) is 16.0. The molecule has 3 heterocycles. The van der Waals surface area contributed by atoms with E-state index in [1.807, 2.05) is 71.9 Å². The number of ketones is 3. The predicted molar refractivity (Wildman–Crippen MR) is 281 cm³/mol. The van der Waals surface area contributed by atoms with Crippen molar-refractivity contribution in [2.75, 3.05) is 47.7 Å². The molecule has 74 heavy (non-hydrogen) atoms. The summed E-state index contributed by atoms with van der Waals surface area (Å²) in [5, 5.41) is 33.6. The lowest BCUT2D eigenvalue weighted by atomic mass is 9.78. The van der Waals surface area contributed by atoms with Gasteiger partial charge in [-0.2, -0.15) is 0 Å². The molecule has 16 heteroatoms. The minimum Gasteiger partial charge on any atom is -0.460 e. The Balaban J connectivity index is 1.73. The van der Waals surface area contributed by atoms with Crippen LogP contribution in [0.4, 0.5) is 0 Å². The van der Waals surface area contributed by atoms with Crippen molar-refractivity contribution < 1.29 is 72.5 Å². The van der Waals surface area contributed by atoms with Gasteiger partial charge < -0.3 is 53.4 Å². The first-order valence-corrected chi connectivity index (χ1v) is 27.4. The zero-order chi connectivity index (χ0) is 54.9. The summed E-state index contributed by atoms with van der Waals surface area (Å²) in [5.41, 5.74) is 0.463. The van der Waals surface area contributed by atoms with Crippen LogP contribution in [-0.2, 0) is 57.1 Å². The largest absolute Gasteiger partial charge is 0.460 e. The molecule has 3 N–H and O–H groups in total. The molecule has 0 aromatic rings. The zero-order valence-electron chi connectivity index (χ0n) is 46.8. The summed E-state index contributed by atoms with van der Waals surface area (Å²) in [6, 6.07) is -1.16. The Hall–Kier alpha value is -3.45. The number of nitrogens with zero attached hydrogens (tertiary/aromatic N) is 1. The molecule has 1 saturated carbocycles. The Labute approximate surface area is 442 Å². The number of amides is 1. The number of methoxy groups -OCH3 is 3. The average Bonchev–Trinajstić information content (AvgIpc) is 3.36. The average molecular weight is 1040 g/mol. The fraction of sp³-hybridized carbons (Fsp3) is 0.776. The van der Waals surface area contributed by atoms with Crippen molar-refractivity contribution in [3.8, 4) is 0 Å². The highest BCUT2D eigenvalue weighted by Crippen LogP contribution is 2.39. The molecule has 1 aliphatic carbocycles. The molecule has 3 aliphatic heterocycles. The van der Waals surface area contributed by atoms with E-state index in [9.17, 15) is 39.3 Å². The number of carbonyl (C=O) groups is 5. The maximum atomic E-state index is 14.6. The van der Waals surface area contributed by atoms with Crippen molar-refractivity contribution in [3.63, 3.8) is 0 Å². The highest BCUT2D eigenvalue weighted by molar-refractivity contribution is 6.39. The van der Waals surface area contributed by atoms with Gasteiger partial charge in [-0.15, -0.1) is 0 Å². The maximum Gasteiger partial charge on any atom is 0.329 e. The molecule has 420 valence electrons. The standard InChI is InChI=1S/C58H93NO15/c1-36-18-14-13-15-19-37(2)49(74-57(8,9)25-27-60)34-44-23-21-42(7)58(67,73-44)54(64)55(65)59-26-17-16-20-45(59)56(66)72-48(39(4)32-43-22-24-47(50(33-43)69-11)71-29-28-68-10)35-46(61)38(3)31-41(6)52(63)53(70-12)51(62)40(5)30-36/h13-15,18-19,31,36,38-40,42-45,47-50,52-53,60,63,67H,16-17,20-30,32-35H2,1-12H3/b15-13+,18-14+,37-19+,41-31+/t36-,38-,39-,40-,42-,43?,44+,45+,47-,48?,49?,50-,52-,53+,58-/m1/s1. The molecule has 15 atom stereocenters. The third kappa shape index (κ3) is 17.8. The number of aliphatic hydroxyl groups excluding tert-OH is 2. The molecule has 1 amide bonds. The van der Waals surface area contributed by atoms with Gasteiger partial charge in [-0.3, -0.25) is 19.2 Å². The fourth-order valence-corrected chi connectivity index (χ4v) is 11.1. The molecule has 2 bridgehead atoms. The van der Waals surface area contributed by atoms with Gasteiger partial charge in [0.25, 0.3) is 11.7 Å². The molecule has 16 nitrogen and oxygen atoms in total. The zero-order valence-corrected chi connectivity index (χ0v) is 46.8. The van der Waals surface area contributed by atoms with Crippen LogP contribution in [0.15, 0.2) is 47.6 Å². The smallest absolute Gasteiger partial charge is 0.329 e. The molecule has 4 aliphatic rings. The second-order valence-corrected chi connectivity index (χ2v) is 22.5. The monoisotopic (exact) mass is 1040 g/mol. The van der Waals surface area contributed by atoms with E-state index in [0.29, 0.717) is 70.2 Å². The lowest BCUT2D eigenvalue weighted by Crippen LogP contribution is -2.61. The molecule has 0 radical (unpaired) electrons. The Kier molecular flexibility index (Phi) is 25.5. The summed E-state index contributed by atoms with van der Waals surface area (Å²) in [5.74, 6) is -8.14. The number of rotatable bonds is 13. The minimum atomic E-state index is -2.49. The summed E-state index contributed by atoms with van der Waals surface area (Å²) >= 11 is 0. The molecule has 0 spiro atoms. The molecule has 4 rings (SSSR count). The molecule has 0 aromatic heterocycles. The number of aliphatic hydroxyl groups is 3. The van der Waals surface area contributed by atoms with Crippen LogP contribution in [0, 0.1) is 35.5 Å². The number of Topliss-reactive ketones (excluding diaryl/α,β-unsaturated/α-hetero) is 3. The van der Waals surface area contributed by atoms with E-state index in [4.69, 9.17) is 33.2 Å². The van der Waals surface area contributed by atoms with E-state index in [1.165, 1.54) is 12.0 Å². The molecule has 2 saturated heterocycles. The van der Waals surface area contributed by atoms with Crippen molar-refractivity contribution in [1.29, 1.82) is 0 Å². The molecular formula is C58H93NO15. The van der Waals surface area contributed by atoms with Crippen LogP contribution in [-0.4, -0.2) is 157 Å². The number of hydrogen-bond donors (Lipinski definition) is 3. The van der Waals surface area contributed by atoms with Crippen LogP contribution in [0.25, 0.3) is 0 Å². The predicted octanol–water partition coefficient (Wildman–Crippen LogP) is 7.38. The van der Waals surface area contributed by atoms with Crippen molar-refractivity contribution in [3.05, 3.63) is 47.6 Å². The highest BCUT2D eigenvalue weighted by Gasteiger charge is 2.53. The lowest BCUT2D eigenvalue weighted by molar-refractivity contribution is -0.267. The van der Waals surface area contributed by atoms with Crippen molar-refractivity contribution in [1.82, 2.24) is 4.90 Å². The van der Waals surface area contributed by atoms with E-state index in [1.54, 1.807) is 41.1 Å². The highest BCUT2D eigenvalue weighted by atomic mass is 16.6. The summed E-state index contributed by atoms with van der Waals surface area (Å²) < 4.78 is 42.1. The fourth-order valence-electron chi connectivity index (χ4n) is 11.1. The molecule has 0 aromatic carbocycles. The number of piperidine rings is 1. The Morgan fingerprint density at radius 2 is 1.59 bits per heavy atom. The summed E-state index contributed by atoms with van der Waals surface area (Å²) in [6.45, 7) is 17.3. The van der Waals surface area contributed by atoms with Crippen LogP contribution in [0.2, 0.25) is 0 Å². The van der Waals surface area contributed by atoms with E-state index < -0.39 is 83.4 Å². The minimum absolute atomic E-state index is 0.0140. The quantitative estimate of drug-likeness (QED) is 0.0710. The Morgan fingerprint density at radius 1 is 0.865 bits per heavy atom. The Bertz CT molecular complexity index is 1960. The van der Waals surface area contributed by atoms with Crippen molar-refractivity contribution in [2.45, 2.75) is 206 Å². The van der Waals surface area contributed by atoms with Crippen LogP contribution < -0.4 is 0 Å². The number of cyclic esters (lactones) is 1. The SMILES string of the molecule is COCCO[C@@H]1CCC(C[C@@H](C)C2CC(=O)[C@H](C)/C=C(\C)[C@@H](O)[C@@H](OC)C(=O)[C@H](C)C[C@H](C)/C=C/C=C/C=C(\C)C(OC(C)(C)CCO)C[C@@H]3CC[C@@H](C)[C@@](O)(O3)C(=O)C(=O)N3CCCC[C@H]3C(=O)O2)C[C@H]1OC. The van der Waals surface area contributed by atoms with E-state index in [2.05, 4.69) is 0 Å². The van der Waals surface area contributed by atoms with Gasteiger partial charge in [0.15, 0.2) is 5.78 Å². The second kappa shape index (κ2) is 29.9. The first-order valence-electron chi connectivity index (χ1n) is 27.4. The second-order valence-electron chi connectivity index (χ2n) is 22.5. The van der Waals surface area contributed by atoms with Crippen LogP contribution in [0.3, 0.4) is 0 Å². The van der Waals surface area contributed by atoms with Gasteiger partial charge in [-0.1, -0.05) is 71.1 Å². The Morgan fingerprint density at radius 3 is 2.27 bits per heavy atom. The van der Waals surface area contributed by atoms with Gasteiger partial charge >= 0.3 is 5.97 Å². The van der Waals surface area contributed by atoms with Gasteiger partial charge in [-0.05, 0) is 127 Å². The van der Waals surface area contributed by atoms with Gasteiger partial charge in [0.05, 0.1) is 43.2 Å². The third-order valence-electron chi connectivity index (χ3n) is 16.0. The van der Waals surface area contributed by atoms with Crippen LogP contribution in [0.1, 0.15) is 146 Å². The number of allylic oxidation sites excluding steroid dienone is 6. The first kappa shape index (κ1) is 63.1. The number of hydrogen-bond acceptors (Lipinski definition) is 15. The maximum absolute atomic E-state index is 14.6. The van der Waals surface area contributed by atoms with Crippen LogP contribution in [0.5, 0.6) is 0 Å². The number of esters is 1. The van der Waals surface area contributed by atoms with Gasteiger partial charge in [0, 0.05) is 65.1 Å². The van der Waals surface area contributed by atoms with E-state index in [-0.39, 0.29) is 73.9 Å². The van der Waals surface area contributed by atoms with Gasteiger partial charge in [0.1, 0.15) is 30.1 Å². The summed E-state index contributed by atoms with van der Waals surface area (Å²) in [7, 11) is 4.67. The normalized spacial score (nSPS) is 37.2. The first-order chi connectivity index (χ1) is 35.0. The van der Waals surface area contributed by atoms with Crippen molar-refractivity contribution >= 4 is 29.2 Å². The number of fused-ring (bicyclic) bond motifs is 3. The van der Waals surface area contributed by atoms with Gasteiger partial charge in [0.2, 0.25) is 5.79 Å². The van der Waals surface area contributed by atoms with Gasteiger partial charge in [-0.25, -0.2) is 4.79 Å². The molecule has 3 unspecified atom stereocenters. The van der Waals surface area contributed by atoms with Crippen molar-refractivity contribution in [2.24, 2.45) is 35.5 Å². The summed E-state index contributed by atoms with van der Waals surface area (Å²) in [6.07, 6.45) is 12.1. The summed E-state index contributed by atoms with van der Waals surface area (Å²) in [4.78, 5) is 72.9. The molecule has 3 fully saturated rings.